The van der Waals surface area contributed by atoms with Crippen molar-refractivity contribution < 1.29 is 19.2 Å². The lowest BCUT2D eigenvalue weighted by Crippen LogP contribution is -3.08. The van der Waals surface area contributed by atoms with Gasteiger partial charge < -0.3 is 20.3 Å². The Balaban J connectivity index is 1.38. The molecule has 0 spiro atoms. The number of likely N-dealkylation sites (N-methyl/N-ethyl adjacent to an activating group) is 1. The highest BCUT2D eigenvalue weighted by molar-refractivity contribution is 7.16. The van der Waals surface area contributed by atoms with Crippen LogP contribution in [0, 0.1) is 0 Å². The predicted octanol–water partition coefficient (Wildman–Crippen LogP) is 2.39. The molecule has 0 aliphatic carbocycles. The van der Waals surface area contributed by atoms with Gasteiger partial charge in [-0.05, 0) is 35.4 Å². The molecule has 0 saturated heterocycles. The minimum atomic E-state index is -0.409. The van der Waals surface area contributed by atoms with Gasteiger partial charge in [0.05, 0.1) is 29.6 Å². The van der Waals surface area contributed by atoms with Crippen molar-refractivity contribution in [2.24, 2.45) is 0 Å². The van der Waals surface area contributed by atoms with E-state index in [2.05, 4.69) is 17.7 Å². The highest BCUT2D eigenvalue weighted by atomic mass is 32.1. The van der Waals surface area contributed by atoms with E-state index in [9.17, 15) is 9.59 Å². The minimum Gasteiger partial charge on any atom is -0.423 e. The third-order valence-corrected chi connectivity index (χ3v) is 6.71. The van der Waals surface area contributed by atoms with Crippen molar-refractivity contribution >= 4 is 28.2 Å². The second-order valence-corrected chi connectivity index (χ2v) is 8.83. The summed E-state index contributed by atoms with van der Waals surface area (Å²) in [5.41, 5.74) is 3.31. The van der Waals surface area contributed by atoms with Crippen LogP contribution in [0.15, 0.2) is 54.6 Å². The SMILES string of the molecule is C[NH+]1CCc2c(sc3c2C(=O)N[C@@H](c2cccc(OC(=O)c4ccccc4)c2)N3)C1. The predicted molar refractivity (Wildman–Crippen MR) is 115 cm³/mol. The fourth-order valence-electron chi connectivity index (χ4n) is 4.00. The second kappa shape index (κ2) is 7.59. The first kappa shape index (κ1) is 18.8. The quantitative estimate of drug-likeness (QED) is 0.450. The van der Waals surface area contributed by atoms with Gasteiger partial charge in [-0.3, -0.25) is 4.79 Å². The number of carbonyl (C=O) groups is 2. The monoisotopic (exact) mass is 420 g/mol. The molecule has 5 rings (SSSR count). The van der Waals surface area contributed by atoms with Crippen molar-refractivity contribution in [3.8, 4) is 5.75 Å². The molecule has 0 radical (unpaired) electrons. The Morgan fingerprint density at radius 3 is 2.80 bits per heavy atom. The number of amides is 1. The van der Waals surface area contributed by atoms with E-state index in [0.29, 0.717) is 11.3 Å². The highest BCUT2D eigenvalue weighted by Gasteiger charge is 2.34. The van der Waals surface area contributed by atoms with E-state index in [0.717, 1.165) is 35.6 Å². The summed E-state index contributed by atoms with van der Waals surface area (Å²) >= 11 is 1.68. The lowest BCUT2D eigenvalue weighted by molar-refractivity contribution is -0.895. The van der Waals surface area contributed by atoms with Crippen molar-refractivity contribution in [2.45, 2.75) is 19.1 Å². The molecule has 0 saturated carbocycles. The topological polar surface area (TPSA) is 71.9 Å². The molecule has 2 aliphatic heterocycles. The van der Waals surface area contributed by atoms with E-state index in [1.165, 1.54) is 15.3 Å². The van der Waals surface area contributed by atoms with Gasteiger partial charge in [-0.2, -0.15) is 0 Å². The summed E-state index contributed by atoms with van der Waals surface area (Å²) in [4.78, 5) is 28.0. The van der Waals surface area contributed by atoms with E-state index in [-0.39, 0.29) is 12.1 Å². The number of hydrogen-bond acceptors (Lipinski definition) is 5. The molecule has 0 fully saturated rings. The van der Waals surface area contributed by atoms with Gasteiger partial charge in [0, 0.05) is 6.42 Å². The Bertz CT molecular complexity index is 1130. The molecule has 1 aromatic heterocycles. The maximum atomic E-state index is 12.9. The molecular formula is C23H22N3O3S+. The van der Waals surface area contributed by atoms with Crippen LogP contribution in [-0.4, -0.2) is 25.5 Å². The number of rotatable bonds is 3. The number of anilines is 1. The summed E-state index contributed by atoms with van der Waals surface area (Å²) < 4.78 is 5.53. The Kier molecular flexibility index (Phi) is 4.77. The van der Waals surface area contributed by atoms with Crippen molar-refractivity contribution in [3.05, 3.63) is 81.7 Å². The van der Waals surface area contributed by atoms with Gasteiger partial charge in [-0.1, -0.05) is 30.3 Å². The van der Waals surface area contributed by atoms with Crippen LogP contribution >= 0.6 is 11.3 Å². The highest BCUT2D eigenvalue weighted by Crippen LogP contribution is 2.39. The summed E-state index contributed by atoms with van der Waals surface area (Å²) in [5, 5.41) is 7.45. The van der Waals surface area contributed by atoms with Crippen molar-refractivity contribution in [2.75, 3.05) is 18.9 Å². The standard InChI is InChI=1S/C23H21N3O3S/c1-26-11-10-17-18(13-26)30-22-19(17)21(27)24-20(25-22)15-8-5-9-16(12-15)29-23(28)14-6-3-2-4-7-14/h2-9,12,20,25H,10-11,13H2,1H3,(H,24,27)/p+1/t20-/m1/s1. The molecule has 1 amide bonds. The van der Waals surface area contributed by atoms with Gasteiger partial charge in [0.25, 0.3) is 5.91 Å². The lowest BCUT2D eigenvalue weighted by Gasteiger charge is -2.27. The third kappa shape index (κ3) is 3.46. The maximum absolute atomic E-state index is 12.9. The van der Waals surface area contributed by atoms with E-state index < -0.39 is 5.97 Å². The summed E-state index contributed by atoms with van der Waals surface area (Å²) in [5.74, 6) is -0.00962. The zero-order valence-corrected chi connectivity index (χ0v) is 17.3. The molecule has 2 aromatic carbocycles. The number of quaternary nitrogens is 1. The average molecular weight is 421 g/mol. The Morgan fingerprint density at radius 2 is 1.97 bits per heavy atom. The number of esters is 1. The summed E-state index contributed by atoms with van der Waals surface area (Å²) in [7, 11) is 2.18. The third-order valence-electron chi connectivity index (χ3n) is 5.54. The van der Waals surface area contributed by atoms with Gasteiger partial charge in [0.15, 0.2) is 0 Å². The van der Waals surface area contributed by atoms with Crippen LogP contribution in [0.4, 0.5) is 5.00 Å². The summed E-state index contributed by atoms with van der Waals surface area (Å²) in [6, 6.07) is 16.1. The van der Waals surface area contributed by atoms with Crippen molar-refractivity contribution in [3.63, 3.8) is 0 Å². The molecule has 1 unspecified atom stereocenters. The molecule has 2 atom stereocenters. The molecule has 3 heterocycles. The van der Waals surface area contributed by atoms with Gasteiger partial charge in [0.2, 0.25) is 0 Å². The molecule has 7 heteroatoms. The summed E-state index contributed by atoms with van der Waals surface area (Å²) in [6.07, 6.45) is 0.558. The van der Waals surface area contributed by atoms with Gasteiger partial charge in [-0.15, -0.1) is 11.3 Å². The van der Waals surface area contributed by atoms with E-state index in [1.54, 1.807) is 47.7 Å². The average Bonchev–Trinajstić information content (AvgIpc) is 3.12. The fourth-order valence-corrected chi connectivity index (χ4v) is 5.38. The van der Waals surface area contributed by atoms with Crippen LogP contribution in [0.5, 0.6) is 5.75 Å². The largest absolute Gasteiger partial charge is 0.423 e. The number of benzene rings is 2. The molecule has 2 aliphatic rings. The van der Waals surface area contributed by atoms with Crippen LogP contribution in [0.25, 0.3) is 0 Å². The van der Waals surface area contributed by atoms with Gasteiger partial charge in [-0.25, -0.2) is 4.79 Å². The number of thiophene rings is 1. The van der Waals surface area contributed by atoms with E-state index >= 15 is 0 Å². The van der Waals surface area contributed by atoms with Crippen molar-refractivity contribution in [1.82, 2.24) is 5.32 Å². The zero-order chi connectivity index (χ0) is 20.7. The number of hydrogen-bond donors (Lipinski definition) is 3. The molecule has 0 bridgehead atoms. The number of nitrogens with one attached hydrogen (secondary N) is 3. The molecule has 30 heavy (non-hydrogen) atoms. The van der Waals surface area contributed by atoms with Crippen LogP contribution in [0.1, 0.15) is 42.9 Å². The Hall–Kier alpha value is -3.16. The lowest BCUT2D eigenvalue weighted by atomic mass is 10.0. The molecular weight excluding hydrogens is 398 g/mol. The zero-order valence-electron chi connectivity index (χ0n) is 16.5. The minimum absolute atomic E-state index is 0.0440. The summed E-state index contributed by atoms with van der Waals surface area (Å²) in [6.45, 7) is 2.00. The smallest absolute Gasteiger partial charge is 0.343 e. The van der Waals surface area contributed by atoms with Crippen LogP contribution < -0.4 is 20.3 Å². The number of ether oxygens (including phenoxy) is 1. The van der Waals surface area contributed by atoms with Crippen molar-refractivity contribution in [1.29, 1.82) is 0 Å². The van der Waals surface area contributed by atoms with Crippen LogP contribution in [0.2, 0.25) is 0 Å². The fraction of sp³-hybridized carbons (Fsp3) is 0.217. The first-order valence-electron chi connectivity index (χ1n) is 9.99. The molecule has 3 aromatic rings. The van der Waals surface area contributed by atoms with E-state index in [1.807, 2.05) is 18.2 Å². The first-order valence-corrected chi connectivity index (χ1v) is 10.8. The maximum Gasteiger partial charge on any atom is 0.343 e. The molecule has 6 nitrogen and oxygen atoms in total. The first-order chi connectivity index (χ1) is 14.6. The molecule has 3 N–H and O–H groups in total. The Morgan fingerprint density at radius 1 is 1.13 bits per heavy atom. The molecule has 152 valence electrons. The van der Waals surface area contributed by atoms with Gasteiger partial charge >= 0.3 is 5.97 Å². The van der Waals surface area contributed by atoms with E-state index in [4.69, 9.17) is 4.74 Å². The number of carbonyl (C=O) groups excluding carboxylic acids is 2. The van der Waals surface area contributed by atoms with Crippen LogP contribution in [-0.2, 0) is 13.0 Å². The second-order valence-electron chi connectivity index (χ2n) is 7.72. The normalized spacial score (nSPS) is 19.8. The van der Waals surface area contributed by atoms with Crippen LogP contribution in [0.3, 0.4) is 0 Å². The Labute approximate surface area is 178 Å². The van der Waals surface area contributed by atoms with Gasteiger partial charge in [0.1, 0.15) is 23.5 Å². The number of fused-ring (bicyclic) bond motifs is 3.